The minimum absolute atomic E-state index is 0.687. The Labute approximate surface area is 79.2 Å². The summed E-state index contributed by atoms with van der Waals surface area (Å²) in [5.74, 6) is 0. The zero-order valence-electron chi connectivity index (χ0n) is 9.04. The molecule has 0 N–H and O–H groups in total. The molecule has 1 spiro atoms. The first-order valence-corrected chi connectivity index (χ1v) is 13.1. The molecule has 0 aromatic rings. The first-order valence-electron chi connectivity index (χ1n) is 6.77. The molecule has 2 heteroatoms. The van der Waals surface area contributed by atoms with Crippen molar-refractivity contribution in [1.29, 1.82) is 0 Å². The summed E-state index contributed by atoms with van der Waals surface area (Å²) in [6.45, 7) is -0.292. The van der Waals surface area contributed by atoms with Crippen LogP contribution in [0.2, 0.25) is 47.7 Å². The monoisotopic (exact) mass is 244 g/mol. The standard InChI is InChI=1S/C8H11O.C5H5.Fe/c1-7(9-2)8-5-3-4-6-8;1-2-4-5-3-1;/h3-7H,1-2H3;1-5H;. The normalized spacial score (nSPS) is 136. The molecule has 10 saturated heterocycles. The van der Waals surface area contributed by atoms with Gasteiger partial charge in [-0.15, -0.1) is 0 Å². The molecule has 1 nitrogen and oxygen atoms in total. The van der Waals surface area contributed by atoms with Gasteiger partial charge in [0.2, 0.25) is 0 Å². The number of methoxy groups -OCH3 is 1. The van der Waals surface area contributed by atoms with Crippen LogP contribution in [0, 0.1) is 0 Å². The molecule has 0 aromatic carbocycles. The molecule has 5 atom stereocenters. The summed E-state index contributed by atoms with van der Waals surface area (Å²) in [5.41, 5.74) is 0. The summed E-state index contributed by atoms with van der Waals surface area (Å²) < 4.78 is 6.89. The van der Waals surface area contributed by atoms with E-state index in [1.54, 1.807) is 0 Å². The Morgan fingerprint density at radius 3 is 1.60 bits per heavy atom. The van der Waals surface area contributed by atoms with E-state index in [4.69, 9.17) is 4.74 Å². The van der Waals surface area contributed by atoms with Gasteiger partial charge in [-0.3, -0.25) is 0 Å². The average Bonchev–Trinajstić information content (AvgIpc) is 3.18. The fourth-order valence-corrected chi connectivity index (χ4v) is 93.2. The fraction of sp³-hybridized carbons (Fsp3) is 1.00. The molecule has 0 aromatic heterocycles. The molecule has 0 radical (unpaired) electrons. The molecule has 10 aliphatic heterocycles. The zero-order chi connectivity index (χ0) is 9.30. The van der Waals surface area contributed by atoms with Crippen LogP contribution in [-0.2, 0) is 11.2 Å². The number of hydrogen-bond donors (Lipinski definition) is 0. The van der Waals surface area contributed by atoms with E-state index in [1.807, 2.05) is 7.11 Å². The molecule has 5 unspecified atom stereocenters. The first-order chi connectivity index (χ1) is 7.03. The minimum atomic E-state index is -2.75. The van der Waals surface area contributed by atoms with Gasteiger partial charge < -0.3 is 0 Å². The van der Waals surface area contributed by atoms with Crippen LogP contribution in [0.5, 0.6) is 0 Å². The quantitative estimate of drug-likeness (QED) is 0.671. The molecule has 15 heavy (non-hydrogen) atoms. The van der Waals surface area contributed by atoms with E-state index >= 15 is 0 Å². The second kappa shape index (κ2) is 0.387. The Morgan fingerprint density at radius 1 is 0.933 bits per heavy atom. The predicted octanol–water partition coefficient (Wildman–Crippen LogP) is 3.78. The summed E-state index contributed by atoms with van der Waals surface area (Å²) in [6, 6.07) is 0. The topological polar surface area (TPSA) is 9.23 Å². The number of rotatable bonds is 2. The summed E-state index contributed by atoms with van der Waals surface area (Å²) in [5, 5.41) is 0. The van der Waals surface area contributed by atoms with Crippen LogP contribution in [0.3, 0.4) is 0 Å². The second-order valence-electron chi connectivity index (χ2n) is 10.6. The van der Waals surface area contributed by atoms with E-state index in [9.17, 15) is 0 Å². The molecule has 10 aliphatic rings. The van der Waals surface area contributed by atoms with E-state index in [0.717, 1.165) is 4.31 Å². The third-order valence-electron chi connectivity index (χ3n) is 15.8. The third-order valence-corrected chi connectivity index (χ3v) is 58.5. The molecule has 0 aliphatic carbocycles. The van der Waals surface area contributed by atoms with E-state index < -0.39 is 6.51 Å². The van der Waals surface area contributed by atoms with E-state index in [0.29, 0.717) is 6.10 Å². The van der Waals surface area contributed by atoms with Crippen molar-refractivity contribution in [3.8, 4) is 0 Å². The molecule has 0 saturated carbocycles. The van der Waals surface area contributed by atoms with Crippen molar-refractivity contribution in [2.75, 3.05) is 7.11 Å². The summed E-state index contributed by atoms with van der Waals surface area (Å²) >= 11 is 0. The zero-order valence-corrected chi connectivity index (χ0v) is 10.1. The fourth-order valence-electron chi connectivity index (χ4n) is 17.7. The molecule has 10 rings (SSSR count). The Balaban J connectivity index is 1.77. The van der Waals surface area contributed by atoms with Gasteiger partial charge in [0, 0.05) is 0 Å². The van der Waals surface area contributed by atoms with Crippen LogP contribution < -0.4 is 0 Å². The van der Waals surface area contributed by atoms with Gasteiger partial charge in [0.25, 0.3) is 0 Å². The average molecular weight is 244 g/mol. The van der Waals surface area contributed by atoms with Gasteiger partial charge in [0.15, 0.2) is 0 Å². The molecular formula is C13H16FeO. The van der Waals surface area contributed by atoms with Crippen LogP contribution >= 0.6 is 0 Å². The van der Waals surface area contributed by atoms with Gasteiger partial charge in [-0.1, -0.05) is 0 Å². The number of ether oxygens (including phenoxy) is 1. The van der Waals surface area contributed by atoms with E-state index in [-0.39, 0.29) is 0 Å². The maximum atomic E-state index is 5.91. The SMILES string of the molecule is COC(C)[C]12[CH]3[CH]4[CH]5[CH]1[Fe]45321678[CH]2[CH]1[CH]6[CH]7[CH]28. The summed E-state index contributed by atoms with van der Waals surface area (Å²) in [6.07, 6.45) is 0.687. The van der Waals surface area contributed by atoms with Crippen molar-refractivity contribution in [3.05, 3.63) is 0 Å². The Morgan fingerprint density at radius 2 is 1.40 bits per heavy atom. The van der Waals surface area contributed by atoms with Crippen molar-refractivity contribution in [3.63, 3.8) is 0 Å². The van der Waals surface area contributed by atoms with Gasteiger partial charge in [-0.2, -0.15) is 0 Å². The van der Waals surface area contributed by atoms with Crippen LogP contribution in [0.1, 0.15) is 6.92 Å². The Hall–Kier alpha value is 0.479. The summed E-state index contributed by atoms with van der Waals surface area (Å²) in [7, 11) is 2.00. The van der Waals surface area contributed by atoms with Gasteiger partial charge in [-0.25, -0.2) is 0 Å². The van der Waals surface area contributed by atoms with E-state index in [2.05, 4.69) is 6.92 Å². The predicted molar refractivity (Wildman–Crippen MR) is 52.9 cm³/mol. The Kier molecular flexibility index (Phi) is 0.140. The van der Waals surface area contributed by atoms with Crippen molar-refractivity contribution < 1.29 is 11.2 Å². The van der Waals surface area contributed by atoms with Gasteiger partial charge in [0.05, 0.1) is 0 Å². The number of hydrogen-bond acceptors (Lipinski definition) is 1. The van der Waals surface area contributed by atoms with Gasteiger partial charge >= 0.3 is 79.0 Å². The molecule has 0 bridgehead atoms. The molecule has 10 heterocycles. The molecule has 0 amide bonds. The summed E-state index contributed by atoms with van der Waals surface area (Å²) in [4.78, 5) is 13.1. The van der Waals surface area contributed by atoms with Crippen molar-refractivity contribution in [2.24, 2.45) is 0 Å². The number of fused-ring (bicyclic) bond motifs is 10. The molecule has 10 fully saturated rings. The molecule has 82 valence electrons. The molecular weight excluding hydrogens is 228 g/mol. The van der Waals surface area contributed by atoms with Crippen LogP contribution in [0.25, 0.3) is 0 Å². The van der Waals surface area contributed by atoms with Crippen LogP contribution in [0.4, 0.5) is 0 Å². The second-order valence-corrected chi connectivity index (χ2v) is 34.2. The van der Waals surface area contributed by atoms with Gasteiger partial charge in [-0.05, 0) is 0 Å². The van der Waals surface area contributed by atoms with E-state index in [1.165, 1.54) is 43.3 Å². The van der Waals surface area contributed by atoms with Gasteiger partial charge in [0.1, 0.15) is 0 Å². The van der Waals surface area contributed by atoms with Crippen molar-refractivity contribution in [2.45, 2.75) is 60.7 Å². The Bertz CT molecular complexity index is 817. The van der Waals surface area contributed by atoms with Crippen molar-refractivity contribution >= 4 is 0 Å². The first kappa shape index (κ1) is 5.42. The van der Waals surface area contributed by atoms with Crippen molar-refractivity contribution in [1.82, 2.24) is 0 Å². The van der Waals surface area contributed by atoms with Crippen LogP contribution in [-0.4, -0.2) is 13.2 Å². The maximum absolute atomic E-state index is 5.91. The van der Waals surface area contributed by atoms with Crippen LogP contribution in [0.15, 0.2) is 0 Å². The third kappa shape index (κ3) is 0.0460.